The van der Waals surface area contributed by atoms with Gasteiger partial charge in [-0.1, -0.05) is 23.5 Å². The molecule has 5 heteroatoms. The third-order valence-corrected chi connectivity index (χ3v) is 3.75. The molecule has 0 saturated heterocycles. The van der Waals surface area contributed by atoms with Gasteiger partial charge in [0.25, 0.3) is 0 Å². The number of benzene rings is 1. The average Bonchev–Trinajstić information content (AvgIpc) is 2.83. The summed E-state index contributed by atoms with van der Waals surface area (Å²) in [7, 11) is 0. The second kappa shape index (κ2) is 6.63. The molecule has 1 aromatic heterocycles. The lowest BCUT2D eigenvalue weighted by Crippen LogP contribution is -2.21. The first kappa shape index (κ1) is 14.0. The van der Waals surface area contributed by atoms with Crippen LogP contribution in [0.2, 0.25) is 0 Å². The molecule has 0 saturated carbocycles. The van der Waals surface area contributed by atoms with Crippen LogP contribution in [0.25, 0.3) is 0 Å². The van der Waals surface area contributed by atoms with Crippen molar-refractivity contribution in [3.8, 4) is 5.75 Å². The molecule has 0 bridgehead atoms. The van der Waals surface area contributed by atoms with Crippen molar-refractivity contribution in [3.05, 3.63) is 40.4 Å². The summed E-state index contributed by atoms with van der Waals surface area (Å²) < 4.78 is 9.60. The van der Waals surface area contributed by atoms with Crippen molar-refractivity contribution in [2.45, 2.75) is 26.8 Å². The molecule has 4 nitrogen and oxygen atoms in total. The summed E-state index contributed by atoms with van der Waals surface area (Å²) in [6, 6.07) is 8.32. The SMILES string of the molecule is CCNC(c1cccc(OCC)c1)c1snnc1C. The first-order chi connectivity index (χ1) is 9.26. The van der Waals surface area contributed by atoms with E-state index in [0.29, 0.717) is 6.61 Å². The van der Waals surface area contributed by atoms with E-state index in [1.165, 1.54) is 17.1 Å². The summed E-state index contributed by atoms with van der Waals surface area (Å²) in [6.45, 7) is 7.65. The Balaban J connectivity index is 2.33. The van der Waals surface area contributed by atoms with E-state index in [9.17, 15) is 0 Å². The smallest absolute Gasteiger partial charge is 0.119 e. The van der Waals surface area contributed by atoms with E-state index in [0.717, 1.165) is 22.9 Å². The van der Waals surface area contributed by atoms with Crippen LogP contribution in [0.1, 0.15) is 36.0 Å². The van der Waals surface area contributed by atoms with Crippen LogP contribution in [0.4, 0.5) is 0 Å². The van der Waals surface area contributed by atoms with Gasteiger partial charge >= 0.3 is 0 Å². The van der Waals surface area contributed by atoms with Gasteiger partial charge in [0.2, 0.25) is 0 Å². The van der Waals surface area contributed by atoms with Crippen LogP contribution in [0.5, 0.6) is 5.75 Å². The molecule has 0 spiro atoms. The number of rotatable bonds is 6. The number of ether oxygens (including phenoxy) is 1. The number of hydrogen-bond donors (Lipinski definition) is 1. The predicted molar refractivity (Wildman–Crippen MR) is 77.8 cm³/mol. The molecule has 2 aromatic rings. The fraction of sp³-hybridized carbons (Fsp3) is 0.429. The van der Waals surface area contributed by atoms with E-state index in [1.54, 1.807) is 0 Å². The molecule has 0 aliphatic carbocycles. The minimum Gasteiger partial charge on any atom is -0.494 e. The van der Waals surface area contributed by atoms with Crippen molar-refractivity contribution in [1.29, 1.82) is 0 Å². The van der Waals surface area contributed by atoms with Gasteiger partial charge in [0.15, 0.2) is 0 Å². The third kappa shape index (κ3) is 3.30. The molecule has 1 atom stereocenters. The van der Waals surface area contributed by atoms with Gasteiger partial charge in [0, 0.05) is 0 Å². The molecule has 1 N–H and O–H groups in total. The summed E-state index contributed by atoms with van der Waals surface area (Å²) >= 11 is 1.45. The van der Waals surface area contributed by atoms with Crippen molar-refractivity contribution in [3.63, 3.8) is 0 Å². The average molecular weight is 277 g/mol. The highest BCUT2D eigenvalue weighted by Crippen LogP contribution is 2.28. The van der Waals surface area contributed by atoms with Crippen LogP contribution in [-0.4, -0.2) is 22.7 Å². The summed E-state index contributed by atoms with van der Waals surface area (Å²) in [5.41, 5.74) is 2.17. The van der Waals surface area contributed by atoms with E-state index < -0.39 is 0 Å². The van der Waals surface area contributed by atoms with E-state index in [2.05, 4.69) is 34.0 Å². The third-order valence-electron chi connectivity index (χ3n) is 2.86. The monoisotopic (exact) mass is 277 g/mol. The Labute approximate surface area is 118 Å². The Kier molecular flexibility index (Phi) is 4.87. The number of hydrogen-bond acceptors (Lipinski definition) is 5. The van der Waals surface area contributed by atoms with Gasteiger partial charge < -0.3 is 10.1 Å². The molecular formula is C14H19N3OS. The van der Waals surface area contributed by atoms with Crippen molar-refractivity contribution in [2.24, 2.45) is 0 Å². The minimum absolute atomic E-state index is 0.130. The molecule has 0 aliphatic heterocycles. The number of nitrogens with zero attached hydrogens (tertiary/aromatic N) is 2. The van der Waals surface area contributed by atoms with Crippen molar-refractivity contribution >= 4 is 11.5 Å². The van der Waals surface area contributed by atoms with Crippen LogP contribution >= 0.6 is 11.5 Å². The predicted octanol–water partition coefficient (Wildman–Crippen LogP) is 2.94. The maximum absolute atomic E-state index is 5.57. The molecule has 1 heterocycles. The van der Waals surface area contributed by atoms with Crippen LogP contribution in [0.15, 0.2) is 24.3 Å². The van der Waals surface area contributed by atoms with Gasteiger partial charge in [0.1, 0.15) is 5.75 Å². The Morgan fingerprint density at radius 2 is 2.21 bits per heavy atom. The van der Waals surface area contributed by atoms with Gasteiger partial charge in [-0.3, -0.25) is 0 Å². The first-order valence-electron chi connectivity index (χ1n) is 6.51. The number of aryl methyl sites for hydroxylation is 1. The zero-order valence-corrected chi connectivity index (χ0v) is 12.3. The Hall–Kier alpha value is -1.46. The van der Waals surface area contributed by atoms with Crippen molar-refractivity contribution in [1.82, 2.24) is 14.9 Å². The first-order valence-corrected chi connectivity index (χ1v) is 7.28. The topological polar surface area (TPSA) is 47.0 Å². The zero-order valence-electron chi connectivity index (χ0n) is 11.5. The van der Waals surface area contributed by atoms with Crippen LogP contribution in [-0.2, 0) is 0 Å². The summed E-state index contributed by atoms with van der Waals surface area (Å²) in [4.78, 5) is 1.16. The summed E-state index contributed by atoms with van der Waals surface area (Å²) in [5.74, 6) is 0.901. The Morgan fingerprint density at radius 3 is 2.84 bits per heavy atom. The molecule has 1 unspecified atom stereocenters. The Morgan fingerprint density at radius 1 is 1.37 bits per heavy atom. The normalized spacial score (nSPS) is 12.4. The van der Waals surface area contributed by atoms with Crippen LogP contribution in [0.3, 0.4) is 0 Å². The van der Waals surface area contributed by atoms with Crippen molar-refractivity contribution in [2.75, 3.05) is 13.2 Å². The van der Waals surface area contributed by atoms with E-state index in [-0.39, 0.29) is 6.04 Å². The molecule has 1 aromatic carbocycles. The molecule has 102 valence electrons. The van der Waals surface area contributed by atoms with E-state index in [4.69, 9.17) is 4.74 Å². The van der Waals surface area contributed by atoms with Gasteiger partial charge in [0.05, 0.1) is 23.2 Å². The van der Waals surface area contributed by atoms with Crippen molar-refractivity contribution < 1.29 is 4.74 Å². The van der Waals surface area contributed by atoms with Crippen LogP contribution < -0.4 is 10.1 Å². The number of nitrogens with one attached hydrogen (secondary N) is 1. The maximum atomic E-state index is 5.57. The van der Waals surface area contributed by atoms with Gasteiger partial charge in [-0.05, 0) is 49.6 Å². The Bertz CT molecular complexity index is 527. The molecule has 0 aliphatic rings. The van der Waals surface area contributed by atoms with Gasteiger partial charge in [-0.2, -0.15) is 0 Å². The summed E-state index contributed by atoms with van der Waals surface area (Å²) in [5, 5.41) is 7.59. The quantitative estimate of drug-likeness (QED) is 0.882. The molecular weight excluding hydrogens is 258 g/mol. The minimum atomic E-state index is 0.130. The molecule has 19 heavy (non-hydrogen) atoms. The lowest BCUT2D eigenvalue weighted by molar-refractivity contribution is 0.339. The second-order valence-corrected chi connectivity index (χ2v) is 5.00. The molecule has 0 radical (unpaired) electrons. The largest absolute Gasteiger partial charge is 0.494 e. The molecule has 0 amide bonds. The van der Waals surface area contributed by atoms with Gasteiger partial charge in [-0.15, -0.1) is 5.10 Å². The highest BCUT2D eigenvalue weighted by Gasteiger charge is 2.18. The fourth-order valence-corrected chi connectivity index (χ4v) is 2.77. The second-order valence-electron chi connectivity index (χ2n) is 4.22. The van der Waals surface area contributed by atoms with E-state index >= 15 is 0 Å². The maximum Gasteiger partial charge on any atom is 0.119 e. The zero-order chi connectivity index (χ0) is 13.7. The van der Waals surface area contributed by atoms with Crippen LogP contribution in [0, 0.1) is 6.92 Å². The van der Waals surface area contributed by atoms with Gasteiger partial charge in [-0.25, -0.2) is 0 Å². The standard InChI is InChI=1S/C14H19N3OS/c1-4-15-13(14-10(3)16-17-19-14)11-7-6-8-12(9-11)18-5-2/h6-9,13,15H,4-5H2,1-3H3. The fourth-order valence-electron chi connectivity index (χ4n) is 2.02. The highest BCUT2D eigenvalue weighted by atomic mass is 32.1. The number of aromatic nitrogens is 2. The summed E-state index contributed by atoms with van der Waals surface area (Å²) in [6.07, 6.45) is 0. The highest BCUT2D eigenvalue weighted by molar-refractivity contribution is 7.05. The molecule has 2 rings (SSSR count). The lowest BCUT2D eigenvalue weighted by Gasteiger charge is -2.17. The lowest BCUT2D eigenvalue weighted by atomic mass is 10.0. The molecule has 0 fully saturated rings. The van der Waals surface area contributed by atoms with E-state index in [1.807, 2.05) is 26.0 Å².